The molecule has 0 spiro atoms. The van der Waals surface area contributed by atoms with Gasteiger partial charge in [-0.05, 0) is 17.7 Å². The molecule has 28 heavy (non-hydrogen) atoms. The number of nitrogens with one attached hydrogen (secondary N) is 1. The van der Waals surface area contributed by atoms with Crippen LogP contribution in [0, 0.1) is 0 Å². The molecule has 3 heterocycles. The molecule has 0 radical (unpaired) electrons. The highest BCUT2D eigenvalue weighted by Crippen LogP contribution is 2.43. The van der Waals surface area contributed by atoms with Gasteiger partial charge in [-0.3, -0.25) is 4.79 Å². The van der Waals surface area contributed by atoms with Crippen molar-refractivity contribution in [3.05, 3.63) is 46.6 Å². The molecule has 1 fully saturated rings. The molecule has 2 aromatic rings. The summed E-state index contributed by atoms with van der Waals surface area (Å²) in [5.74, 6) is -0.221. The first-order valence-electron chi connectivity index (χ1n) is 8.88. The van der Waals surface area contributed by atoms with Crippen LogP contribution in [0.3, 0.4) is 0 Å². The van der Waals surface area contributed by atoms with Crippen molar-refractivity contribution in [3.8, 4) is 0 Å². The van der Waals surface area contributed by atoms with Crippen molar-refractivity contribution < 1.29 is 22.7 Å². The monoisotopic (exact) mass is 414 g/mol. The molecule has 0 aliphatic carbocycles. The fourth-order valence-corrected chi connectivity index (χ4v) is 3.65. The lowest BCUT2D eigenvalue weighted by atomic mass is 9.97. The van der Waals surface area contributed by atoms with Crippen LogP contribution in [0.1, 0.15) is 34.6 Å². The second-order valence-corrected chi connectivity index (χ2v) is 7.24. The predicted molar refractivity (Wildman–Crippen MR) is 96.5 cm³/mol. The van der Waals surface area contributed by atoms with E-state index in [0.29, 0.717) is 36.9 Å². The summed E-state index contributed by atoms with van der Waals surface area (Å²) in [6, 6.07) is 5.66. The van der Waals surface area contributed by atoms with E-state index in [1.54, 1.807) is 24.3 Å². The van der Waals surface area contributed by atoms with Crippen LogP contribution < -0.4 is 5.32 Å². The number of amides is 1. The minimum atomic E-state index is -4.49. The lowest BCUT2D eigenvalue weighted by Crippen LogP contribution is -2.41. The van der Waals surface area contributed by atoms with Gasteiger partial charge < -0.3 is 15.0 Å². The Morgan fingerprint density at radius 3 is 2.54 bits per heavy atom. The molecule has 1 N–H and O–H groups in total. The number of halogens is 4. The summed E-state index contributed by atoms with van der Waals surface area (Å²) in [4.78, 5) is 14.2. The number of benzene rings is 1. The average molecular weight is 415 g/mol. The molecule has 2 atom stereocenters. The zero-order valence-electron chi connectivity index (χ0n) is 14.7. The molecule has 4 rings (SSSR count). The molecule has 0 bridgehead atoms. The number of ether oxygens (including phenoxy) is 1. The topological polar surface area (TPSA) is 59.4 Å². The van der Waals surface area contributed by atoms with Crippen molar-refractivity contribution in [3.63, 3.8) is 0 Å². The summed E-state index contributed by atoms with van der Waals surface area (Å²) in [7, 11) is 0. The number of hydrogen-bond acceptors (Lipinski definition) is 4. The number of nitrogens with zero attached hydrogens (tertiary/aromatic N) is 3. The SMILES string of the molecule is O=C(c1cc2n(n1)[C@@H](C(F)(F)F)C[C@H](c1ccc(Cl)cc1)N2)N1CCOCC1. The Bertz CT molecular complexity index is 863. The number of carbonyl (C=O) groups excluding carboxylic acids is 1. The standard InChI is InChI=1S/C18H18ClF3N4O2/c19-12-3-1-11(2-4-12)13-9-15(18(20,21)22)26-16(23-13)10-14(24-26)17(27)25-5-7-28-8-6-25/h1-4,10,13,15,23H,5-9H2/t13-,15-/m1/s1. The number of hydrogen-bond donors (Lipinski definition) is 1. The highest BCUT2D eigenvalue weighted by molar-refractivity contribution is 6.30. The molecule has 10 heteroatoms. The van der Waals surface area contributed by atoms with Gasteiger partial charge in [-0.25, -0.2) is 4.68 Å². The van der Waals surface area contributed by atoms with Crippen LogP contribution in [-0.2, 0) is 4.74 Å². The molecule has 1 amide bonds. The third kappa shape index (κ3) is 3.68. The number of morpholine rings is 1. The fourth-order valence-electron chi connectivity index (χ4n) is 3.52. The van der Waals surface area contributed by atoms with E-state index >= 15 is 0 Å². The molecule has 6 nitrogen and oxygen atoms in total. The lowest BCUT2D eigenvalue weighted by molar-refractivity contribution is -0.173. The van der Waals surface area contributed by atoms with Crippen LogP contribution >= 0.6 is 11.6 Å². The van der Waals surface area contributed by atoms with Gasteiger partial charge in [-0.15, -0.1) is 0 Å². The first-order chi connectivity index (χ1) is 13.3. The fraction of sp³-hybridized carbons (Fsp3) is 0.444. The van der Waals surface area contributed by atoms with Gasteiger partial charge in [0.25, 0.3) is 5.91 Å². The summed E-state index contributed by atoms with van der Waals surface area (Å²) in [5, 5.41) is 7.58. The van der Waals surface area contributed by atoms with Gasteiger partial charge in [0, 0.05) is 30.6 Å². The molecule has 0 saturated carbocycles. The number of fused-ring (bicyclic) bond motifs is 1. The molecule has 2 aliphatic heterocycles. The lowest BCUT2D eigenvalue weighted by Gasteiger charge is -2.33. The van der Waals surface area contributed by atoms with Gasteiger partial charge in [0.05, 0.1) is 19.3 Å². The van der Waals surface area contributed by atoms with Crippen LogP contribution in [0.25, 0.3) is 0 Å². The second-order valence-electron chi connectivity index (χ2n) is 6.81. The quantitative estimate of drug-likeness (QED) is 0.814. The van der Waals surface area contributed by atoms with Crippen molar-refractivity contribution in [2.24, 2.45) is 0 Å². The van der Waals surface area contributed by atoms with E-state index in [9.17, 15) is 18.0 Å². The van der Waals surface area contributed by atoms with E-state index in [4.69, 9.17) is 16.3 Å². The Kier molecular flexibility index (Phi) is 4.96. The van der Waals surface area contributed by atoms with E-state index < -0.39 is 24.2 Å². The van der Waals surface area contributed by atoms with Gasteiger partial charge in [-0.1, -0.05) is 23.7 Å². The minimum absolute atomic E-state index is 0.00425. The summed E-state index contributed by atoms with van der Waals surface area (Å²) >= 11 is 5.88. The second kappa shape index (κ2) is 7.29. The number of carbonyl (C=O) groups is 1. The van der Waals surface area contributed by atoms with Gasteiger partial charge in [0.2, 0.25) is 0 Å². The zero-order chi connectivity index (χ0) is 19.9. The highest BCUT2D eigenvalue weighted by atomic mass is 35.5. The van der Waals surface area contributed by atoms with Gasteiger partial charge in [-0.2, -0.15) is 18.3 Å². The average Bonchev–Trinajstić information content (AvgIpc) is 3.11. The van der Waals surface area contributed by atoms with E-state index in [1.165, 1.54) is 11.0 Å². The maximum Gasteiger partial charge on any atom is 0.410 e. The van der Waals surface area contributed by atoms with Crippen molar-refractivity contribution in [2.45, 2.75) is 24.7 Å². The number of anilines is 1. The van der Waals surface area contributed by atoms with Crippen molar-refractivity contribution in [1.29, 1.82) is 0 Å². The molecule has 150 valence electrons. The number of aromatic nitrogens is 2. The molecule has 2 aliphatic rings. The number of rotatable bonds is 2. The van der Waals surface area contributed by atoms with Gasteiger partial charge in [0.15, 0.2) is 11.7 Å². The first kappa shape index (κ1) is 19.1. The largest absolute Gasteiger partial charge is 0.410 e. The molecule has 1 aromatic carbocycles. The Morgan fingerprint density at radius 2 is 1.89 bits per heavy atom. The van der Waals surface area contributed by atoms with Crippen LogP contribution in [0.4, 0.5) is 19.0 Å². The van der Waals surface area contributed by atoms with E-state index in [-0.39, 0.29) is 17.9 Å². The molecular weight excluding hydrogens is 397 g/mol. The Hall–Kier alpha value is -2.26. The van der Waals surface area contributed by atoms with E-state index in [2.05, 4.69) is 10.4 Å². The van der Waals surface area contributed by atoms with Crippen LogP contribution in [0.15, 0.2) is 30.3 Å². The Morgan fingerprint density at radius 1 is 1.21 bits per heavy atom. The number of alkyl halides is 3. The normalized spacial score (nSPS) is 22.5. The summed E-state index contributed by atoms with van der Waals surface area (Å²) in [6.45, 7) is 1.60. The van der Waals surface area contributed by atoms with Crippen LogP contribution in [0.2, 0.25) is 5.02 Å². The molecular formula is C18H18ClF3N4O2. The third-order valence-electron chi connectivity index (χ3n) is 4.98. The third-order valence-corrected chi connectivity index (χ3v) is 5.23. The Balaban J connectivity index is 1.65. The van der Waals surface area contributed by atoms with Crippen molar-refractivity contribution in [2.75, 3.05) is 31.6 Å². The maximum atomic E-state index is 13.7. The summed E-state index contributed by atoms with van der Waals surface area (Å²) < 4.78 is 47.2. The van der Waals surface area contributed by atoms with Crippen LogP contribution in [0.5, 0.6) is 0 Å². The highest BCUT2D eigenvalue weighted by Gasteiger charge is 2.47. The molecule has 1 aromatic heterocycles. The zero-order valence-corrected chi connectivity index (χ0v) is 15.5. The summed E-state index contributed by atoms with van der Waals surface area (Å²) in [5.41, 5.74) is 0.683. The predicted octanol–water partition coefficient (Wildman–Crippen LogP) is 3.67. The van der Waals surface area contributed by atoms with E-state index in [0.717, 1.165) is 4.68 Å². The Labute approximate surface area is 164 Å². The summed E-state index contributed by atoms with van der Waals surface area (Å²) in [6.07, 6.45) is -4.72. The molecule has 0 unspecified atom stereocenters. The van der Waals surface area contributed by atoms with Crippen molar-refractivity contribution in [1.82, 2.24) is 14.7 Å². The molecule has 1 saturated heterocycles. The van der Waals surface area contributed by atoms with Gasteiger partial charge in [0.1, 0.15) is 5.82 Å². The van der Waals surface area contributed by atoms with E-state index in [1.807, 2.05) is 0 Å². The van der Waals surface area contributed by atoms with Gasteiger partial charge >= 0.3 is 6.18 Å². The van der Waals surface area contributed by atoms with Crippen molar-refractivity contribution >= 4 is 23.3 Å². The first-order valence-corrected chi connectivity index (χ1v) is 9.26. The minimum Gasteiger partial charge on any atom is -0.378 e. The maximum absolute atomic E-state index is 13.7. The van der Waals surface area contributed by atoms with Crippen LogP contribution in [-0.4, -0.2) is 53.1 Å². The smallest absolute Gasteiger partial charge is 0.378 e.